The minimum Gasteiger partial charge on any atom is -0.436 e. The lowest BCUT2D eigenvalue weighted by Gasteiger charge is -2.04. The first-order chi connectivity index (χ1) is 9.24. The summed E-state index contributed by atoms with van der Waals surface area (Å²) in [5, 5.41) is 4.23. The quantitative estimate of drug-likeness (QED) is 0.790. The molecule has 0 N–H and O–H groups in total. The molecule has 1 saturated carbocycles. The molecule has 6 heteroatoms. The van der Waals surface area contributed by atoms with Crippen LogP contribution in [-0.2, 0) is 6.54 Å². The summed E-state index contributed by atoms with van der Waals surface area (Å²) in [7, 11) is 0. The van der Waals surface area contributed by atoms with Crippen LogP contribution in [0, 0.1) is 0 Å². The van der Waals surface area contributed by atoms with Gasteiger partial charge in [-0.1, -0.05) is 6.92 Å². The van der Waals surface area contributed by atoms with Crippen LogP contribution >= 0.6 is 15.9 Å². The maximum Gasteiger partial charge on any atom is 0.223 e. The van der Waals surface area contributed by atoms with Crippen LogP contribution in [0.15, 0.2) is 23.1 Å². The van der Waals surface area contributed by atoms with Crippen molar-refractivity contribution in [2.75, 3.05) is 0 Å². The molecule has 0 amide bonds. The number of hydrogen-bond acceptors (Lipinski definition) is 4. The average molecular weight is 323 g/mol. The van der Waals surface area contributed by atoms with Gasteiger partial charge in [-0.3, -0.25) is 4.68 Å². The van der Waals surface area contributed by atoms with Crippen molar-refractivity contribution >= 4 is 15.9 Å². The van der Waals surface area contributed by atoms with E-state index in [1.807, 2.05) is 10.9 Å². The molecule has 0 radical (unpaired) electrons. The molecular weight excluding hydrogens is 308 g/mol. The average Bonchev–Trinajstić information content (AvgIpc) is 3.13. The van der Waals surface area contributed by atoms with Gasteiger partial charge in [-0.2, -0.15) is 10.1 Å². The molecule has 2 heterocycles. The Hall–Kier alpha value is -1.43. The lowest BCUT2D eigenvalue weighted by Crippen LogP contribution is -1.97. The molecule has 19 heavy (non-hydrogen) atoms. The molecule has 0 aromatic carbocycles. The fourth-order valence-electron chi connectivity index (χ4n) is 1.86. The summed E-state index contributed by atoms with van der Waals surface area (Å²) in [5.41, 5.74) is 0. The van der Waals surface area contributed by atoms with Crippen molar-refractivity contribution in [2.24, 2.45) is 0 Å². The zero-order chi connectivity index (χ0) is 13.2. The zero-order valence-corrected chi connectivity index (χ0v) is 12.3. The largest absolute Gasteiger partial charge is 0.436 e. The van der Waals surface area contributed by atoms with Crippen LogP contribution in [0.2, 0.25) is 0 Å². The van der Waals surface area contributed by atoms with Crippen LogP contribution in [0.1, 0.15) is 37.9 Å². The summed E-state index contributed by atoms with van der Waals surface area (Å²) in [5.74, 6) is 2.65. The van der Waals surface area contributed by atoms with Gasteiger partial charge in [0.1, 0.15) is 10.4 Å². The molecule has 0 spiro atoms. The first-order valence-electron chi connectivity index (χ1n) is 6.49. The number of ether oxygens (including phenoxy) is 1. The highest BCUT2D eigenvalue weighted by Gasteiger charge is 2.27. The highest BCUT2D eigenvalue weighted by Crippen LogP contribution is 2.39. The van der Waals surface area contributed by atoms with Gasteiger partial charge in [-0.15, -0.1) is 0 Å². The zero-order valence-electron chi connectivity index (χ0n) is 10.7. The minimum absolute atomic E-state index is 0.502. The Balaban J connectivity index is 1.77. The molecule has 0 unspecified atom stereocenters. The van der Waals surface area contributed by atoms with Crippen molar-refractivity contribution in [1.82, 2.24) is 19.7 Å². The van der Waals surface area contributed by atoms with Crippen LogP contribution in [0.5, 0.6) is 11.6 Å². The first-order valence-corrected chi connectivity index (χ1v) is 7.28. The normalized spacial score (nSPS) is 14.6. The van der Waals surface area contributed by atoms with E-state index in [9.17, 15) is 0 Å². The topological polar surface area (TPSA) is 52.8 Å². The van der Waals surface area contributed by atoms with Gasteiger partial charge < -0.3 is 4.74 Å². The van der Waals surface area contributed by atoms with Gasteiger partial charge in [0.05, 0.1) is 12.4 Å². The Morgan fingerprint density at radius 1 is 1.42 bits per heavy atom. The number of aryl methyl sites for hydroxylation is 1. The number of halogens is 1. The Kier molecular flexibility index (Phi) is 3.50. The second kappa shape index (κ2) is 5.28. The molecule has 1 fully saturated rings. The summed E-state index contributed by atoms with van der Waals surface area (Å²) in [6.45, 7) is 3.01. The monoisotopic (exact) mass is 322 g/mol. The van der Waals surface area contributed by atoms with Crippen molar-refractivity contribution in [2.45, 2.75) is 38.6 Å². The van der Waals surface area contributed by atoms with E-state index in [0.29, 0.717) is 17.5 Å². The van der Waals surface area contributed by atoms with Gasteiger partial charge in [0, 0.05) is 18.5 Å². The van der Waals surface area contributed by atoms with E-state index in [0.717, 1.165) is 23.4 Å². The standard InChI is InChI=1S/C13H15BrN4O/c1-2-5-18-8-10(7-15-18)19-12-6-11(14)16-13(17-12)9-3-4-9/h6-9H,2-5H2,1H3. The van der Waals surface area contributed by atoms with Gasteiger partial charge in [0.15, 0.2) is 5.75 Å². The van der Waals surface area contributed by atoms with Crippen LogP contribution in [0.3, 0.4) is 0 Å². The number of rotatable bonds is 5. The molecule has 1 aliphatic carbocycles. The maximum absolute atomic E-state index is 5.74. The van der Waals surface area contributed by atoms with Gasteiger partial charge in [0.25, 0.3) is 0 Å². The van der Waals surface area contributed by atoms with Gasteiger partial charge in [0.2, 0.25) is 5.88 Å². The first kappa shape index (κ1) is 12.6. The molecule has 2 aromatic rings. The van der Waals surface area contributed by atoms with Crippen molar-refractivity contribution in [1.29, 1.82) is 0 Å². The molecule has 0 saturated heterocycles. The van der Waals surface area contributed by atoms with Crippen molar-refractivity contribution in [3.63, 3.8) is 0 Å². The third-order valence-electron chi connectivity index (χ3n) is 2.92. The molecule has 1 aliphatic rings. The number of hydrogen-bond donors (Lipinski definition) is 0. The molecule has 100 valence electrons. The summed E-state index contributed by atoms with van der Waals surface area (Å²) in [6, 6.07) is 1.78. The molecule has 0 bridgehead atoms. The predicted octanol–water partition coefficient (Wildman–Crippen LogP) is 3.52. The van der Waals surface area contributed by atoms with Crippen molar-refractivity contribution in [3.8, 4) is 11.6 Å². The summed E-state index contributed by atoms with van der Waals surface area (Å²) >= 11 is 3.40. The second-order valence-electron chi connectivity index (χ2n) is 4.70. The highest BCUT2D eigenvalue weighted by atomic mass is 79.9. The predicted molar refractivity (Wildman–Crippen MR) is 74.3 cm³/mol. The summed E-state index contributed by atoms with van der Waals surface area (Å²) in [4.78, 5) is 8.82. The Morgan fingerprint density at radius 2 is 2.26 bits per heavy atom. The fourth-order valence-corrected chi connectivity index (χ4v) is 2.24. The lowest BCUT2D eigenvalue weighted by atomic mass is 10.4. The molecule has 0 aliphatic heterocycles. The van der Waals surface area contributed by atoms with E-state index in [4.69, 9.17) is 4.74 Å². The molecular formula is C13H15BrN4O. The van der Waals surface area contributed by atoms with E-state index in [2.05, 4.69) is 37.9 Å². The smallest absolute Gasteiger partial charge is 0.223 e. The second-order valence-corrected chi connectivity index (χ2v) is 5.52. The molecule has 2 aromatic heterocycles. The third kappa shape index (κ3) is 3.12. The third-order valence-corrected chi connectivity index (χ3v) is 3.32. The van der Waals surface area contributed by atoms with Crippen LogP contribution in [0.25, 0.3) is 0 Å². The van der Waals surface area contributed by atoms with Crippen molar-refractivity contribution in [3.05, 3.63) is 28.9 Å². The SMILES string of the molecule is CCCn1cc(Oc2cc(Br)nc(C3CC3)n2)cn1. The lowest BCUT2D eigenvalue weighted by molar-refractivity contribution is 0.456. The van der Waals surface area contributed by atoms with Crippen LogP contribution < -0.4 is 4.74 Å². The van der Waals surface area contributed by atoms with Crippen molar-refractivity contribution < 1.29 is 4.74 Å². The van der Waals surface area contributed by atoms with Gasteiger partial charge in [-0.25, -0.2) is 4.98 Å². The summed E-state index contributed by atoms with van der Waals surface area (Å²) in [6.07, 6.45) is 6.99. The Bertz CT molecular complexity index is 580. The van der Waals surface area contributed by atoms with E-state index < -0.39 is 0 Å². The maximum atomic E-state index is 5.74. The van der Waals surface area contributed by atoms with E-state index in [-0.39, 0.29) is 0 Å². The number of nitrogens with zero attached hydrogens (tertiary/aromatic N) is 4. The van der Waals surface area contributed by atoms with E-state index in [1.165, 1.54) is 12.8 Å². The minimum atomic E-state index is 0.502. The van der Waals surface area contributed by atoms with Gasteiger partial charge in [-0.05, 0) is 35.2 Å². The van der Waals surface area contributed by atoms with Gasteiger partial charge >= 0.3 is 0 Å². The Labute approximate surface area is 120 Å². The van der Waals surface area contributed by atoms with Crippen LogP contribution in [-0.4, -0.2) is 19.7 Å². The van der Waals surface area contributed by atoms with E-state index in [1.54, 1.807) is 12.3 Å². The highest BCUT2D eigenvalue weighted by molar-refractivity contribution is 9.10. The summed E-state index contributed by atoms with van der Waals surface area (Å²) < 4.78 is 8.37. The molecule has 3 rings (SSSR count). The molecule has 5 nitrogen and oxygen atoms in total. The molecule has 0 atom stereocenters. The Morgan fingerprint density at radius 3 is 3.00 bits per heavy atom. The fraction of sp³-hybridized carbons (Fsp3) is 0.462. The number of aromatic nitrogens is 4. The van der Waals surface area contributed by atoms with E-state index >= 15 is 0 Å². The van der Waals surface area contributed by atoms with Crippen LogP contribution in [0.4, 0.5) is 0 Å².